The van der Waals surface area contributed by atoms with E-state index in [1.165, 1.54) is 6.07 Å². The van der Waals surface area contributed by atoms with E-state index < -0.39 is 12.1 Å². The van der Waals surface area contributed by atoms with Gasteiger partial charge in [0.15, 0.2) is 0 Å². The van der Waals surface area contributed by atoms with Crippen LogP contribution in [0, 0.1) is 11.3 Å². The number of carbonyl (C=O) groups excluding carboxylic acids is 1. The van der Waals surface area contributed by atoms with Gasteiger partial charge in [-0.3, -0.25) is 9.59 Å². The molecule has 37 heavy (non-hydrogen) atoms. The van der Waals surface area contributed by atoms with Gasteiger partial charge in [-0.25, -0.2) is 8.78 Å². The molecule has 0 saturated carbocycles. The van der Waals surface area contributed by atoms with Gasteiger partial charge in [-0.15, -0.1) is 0 Å². The first kappa shape index (κ1) is 26.2. The zero-order valence-corrected chi connectivity index (χ0v) is 20.7. The molecule has 0 aliphatic carbocycles. The van der Waals surface area contributed by atoms with Crippen LogP contribution in [0.5, 0.6) is 0 Å². The van der Waals surface area contributed by atoms with Crippen molar-refractivity contribution in [1.29, 1.82) is 5.41 Å². The van der Waals surface area contributed by atoms with Crippen molar-refractivity contribution < 1.29 is 13.6 Å². The maximum atomic E-state index is 13.1. The zero-order valence-electron chi connectivity index (χ0n) is 20.7. The number of pyridine rings is 1. The Morgan fingerprint density at radius 3 is 2.62 bits per heavy atom. The van der Waals surface area contributed by atoms with Crippen molar-refractivity contribution in [1.82, 2.24) is 14.8 Å². The molecular weight excluding hydrogens is 476 g/mol. The molecular formula is C28H31F2N5O2. The van der Waals surface area contributed by atoms with Crippen LogP contribution in [0.4, 0.5) is 8.78 Å². The third-order valence-electron chi connectivity index (χ3n) is 6.91. The average Bonchev–Trinajstić information content (AvgIpc) is 2.90. The fourth-order valence-corrected chi connectivity index (χ4v) is 4.64. The molecule has 3 aromatic rings. The van der Waals surface area contributed by atoms with Crippen LogP contribution in [-0.2, 0) is 6.54 Å². The number of likely N-dealkylation sites (tertiary alicyclic amines) is 1. The Morgan fingerprint density at radius 2 is 1.92 bits per heavy atom. The molecule has 1 aliphatic rings. The standard InChI is InChI=1S/C28H31F2N5O2/c1-34-10-7-18(8-11-34)16-33-27(36)22-4-2-3-19(13-22)17-35-12-9-21-14-20(5-6-23(21)28(35)37)24(15-31)25(32)26(29)30/h2-6,9,12-15,18,26,31H,7-8,10-11,16-17,32H2,1H3,(H,33,36)/b25-24+,31-15?. The minimum Gasteiger partial charge on any atom is -0.397 e. The van der Waals surface area contributed by atoms with Crippen LogP contribution >= 0.6 is 0 Å². The van der Waals surface area contributed by atoms with Gasteiger partial charge in [-0.2, -0.15) is 0 Å². The molecule has 1 aliphatic heterocycles. The number of aromatic nitrogens is 1. The van der Waals surface area contributed by atoms with E-state index in [4.69, 9.17) is 11.1 Å². The number of halogens is 2. The van der Waals surface area contributed by atoms with Crippen LogP contribution in [0.15, 0.2) is 65.2 Å². The quantitative estimate of drug-likeness (QED) is 0.405. The third kappa shape index (κ3) is 6.11. The van der Waals surface area contributed by atoms with E-state index in [1.54, 1.807) is 47.2 Å². The van der Waals surface area contributed by atoms with Crippen molar-refractivity contribution >= 4 is 28.5 Å². The molecule has 4 rings (SSSR count). The van der Waals surface area contributed by atoms with Crippen LogP contribution in [-0.4, -0.2) is 54.7 Å². The van der Waals surface area contributed by atoms with E-state index >= 15 is 0 Å². The lowest BCUT2D eigenvalue weighted by Crippen LogP contribution is -2.36. The number of nitrogens with two attached hydrogens (primary N) is 1. The summed E-state index contributed by atoms with van der Waals surface area (Å²) in [5.41, 5.74) is 6.16. The first-order chi connectivity index (χ1) is 17.8. The highest BCUT2D eigenvalue weighted by atomic mass is 19.3. The van der Waals surface area contributed by atoms with Crippen molar-refractivity contribution in [2.75, 3.05) is 26.7 Å². The monoisotopic (exact) mass is 507 g/mol. The molecule has 0 atom stereocenters. The lowest BCUT2D eigenvalue weighted by atomic mass is 9.97. The third-order valence-corrected chi connectivity index (χ3v) is 6.91. The number of hydrogen-bond acceptors (Lipinski definition) is 5. The number of carbonyl (C=O) groups is 1. The topological polar surface area (TPSA) is 104 Å². The molecule has 0 unspecified atom stereocenters. The minimum atomic E-state index is -2.88. The van der Waals surface area contributed by atoms with Gasteiger partial charge in [0.1, 0.15) is 0 Å². The number of fused-ring (bicyclic) bond motifs is 1. The van der Waals surface area contributed by atoms with Crippen molar-refractivity contribution in [3.05, 3.63) is 87.5 Å². The first-order valence-electron chi connectivity index (χ1n) is 12.2. The summed E-state index contributed by atoms with van der Waals surface area (Å²) in [5.74, 6) is 0.356. The van der Waals surface area contributed by atoms with Crippen LogP contribution in [0.2, 0.25) is 0 Å². The zero-order chi connectivity index (χ0) is 26.5. The molecule has 194 valence electrons. The number of rotatable bonds is 8. The number of alkyl halides is 2. The smallest absolute Gasteiger partial charge is 0.278 e. The molecule has 0 radical (unpaired) electrons. The van der Waals surface area contributed by atoms with Gasteiger partial charge in [0.25, 0.3) is 17.9 Å². The predicted molar refractivity (Wildman–Crippen MR) is 142 cm³/mol. The van der Waals surface area contributed by atoms with Crippen LogP contribution in [0.1, 0.15) is 34.3 Å². The summed E-state index contributed by atoms with van der Waals surface area (Å²) in [7, 11) is 2.11. The summed E-state index contributed by atoms with van der Waals surface area (Å²) >= 11 is 0. The van der Waals surface area contributed by atoms with Crippen LogP contribution in [0.3, 0.4) is 0 Å². The van der Waals surface area contributed by atoms with E-state index in [9.17, 15) is 18.4 Å². The molecule has 0 bridgehead atoms. The number of nitrogens with one attached hydrogen (secondary N) is 2. The van der Waals surface area contributed by atoms with Gasteiger partial charge >= 0.3 is 0 Å². The second kappa shape index (κ2) is 11.5. The Morgan fingerprint density at radius 1 is 1.16 bits per heavy atom. The molecule has 1 saturated heterocycles. The highest BCUT2D eigenvalue weighted by Gasteiger charge is 2.18. The fraction of sp³-hybridized carbons (Fsp3) is 0.321. The number of nitrogens with zero attached hydrogens (tertiary/aromatic N) is 2. The molecule has 2 heterocycles. The average molecular weight is 508 g/mol. The second-order valence-electron chi connectivity index (χ2n) is 9.52. The van der Waals surface area contributed by atoms with Crippen LogP contribution < -0.4 is 16.6 Å². The fourth-order valence-electron chi connectivity index (χ4n) is 4.64. The Kier molecular flexibility index (Phi) is 8.13. The van der Waals surface area contributed by atoms with E-state index in [0.717, 1.165) is 37.7 Å². The summed E-state index contributed by atoms with van der Waals surface area (Å²) in [6.45, 7) is 3.02. The second-order valence-corrected chi connectivity index (χ2v) is 9.52. The molecule has 2 aromatic carbocycles. The van der Waals surface area contributed by atoms with Gasteiger partial charge < -0.3 is 25.9 Å². The van der Waals surface area contributed by atoms with Crippen molar-refractivity contribution in [3.8, 4) is 0 Å². The van der Waals surface area contributed by atoms with E-state index in [1.807, 2.05) is 6.07 Å². The first-order valence-corrected chi connectivity index (χ1v) is 12.2. The van der Waals surface area contributed by atoms with E-state index in [0.29, 0.717) is 34.4 Å². The van der Waals surface area contributed by atoms with Gasteiger partial charge in [0, 0.05) is 35.5 Å². The Hall–Kier alpha value is -3.85. The van der Waals surface area contributed by atoms with Gasteiger partial charge in [-0.05, 0) is 85.7 Å². The number of allylic oxidation sites excluding steroid dienone is 2. The highest BCUT2D eigenvalue weighted by molar-refractivity contribution is 6.10. The SMILES string of the molecule is CN1CCC(CNC(=O)c2cccc(Cn3ccc4cc(/C(C=N)=C(/N)C(F)F)ccc4c3=O)c2)CC1. The van der Waals surface area contributed by atoms with Crippen molar-refractivity contribution in [3.63, 3.8) is 0 Å². The minimum absolute atomic E-state index is 0.0769. The predicted octanol–water partition coefficient (Wildman–Crippen LogP) is 3.71. The normalized spacial score (nSPS) is 15.6. The summed E-state index contributed by atoms with van der Waals surface area (Å²) in [6.07, 6.45) is 1.68. The Balaban J connectivity index is 1.50. The maximum Gasteiger partial charge on any atom is 0.278 e. The highest BCUT2D eigenvalue weighted by Crippen LogP contribution is 2.22. The van der Waals surface area contributed by atoms with Gasteiger partial charge in [-0.1, -0.05) is 18.2 Å². The van der Waals surface area contributed by atoms with Gasteiger partial charge in [0.05, 0.1) is 12.2 Å². The van der Waals surface area contributed by atoms with E-state index in [2.05, 4.69) is 17.3 Å². The number of amides is 1. The van der Waals surface area contributed by atoms with Crippen molar-refractivity contribution in [2.24, 2.45) is 11.7 Å². The lowest BCUT2D eigenvalue weighted by molar-refractivity contribution is 0.0939. The number of benzene rings is 2. The largest absolute Gasteiger partial charge is 0.397 e. The lowest BCUT2D eigenvalue weighted by Gasteiger charge is -2.28. The Labute approximate surface area is 214 Å². The summed E-state index contributed by atoms with van der Waals surface area (Å²) < 4.78 is 27.6. The molecule has 9 heteroatoms. The van der Waals surface area contributed by atoms with Crippen LogP contribution in [0.25, 0.3) is 16.3 Å². The van der Waals surface area contributed by atoms with E-state index in [-0.39, 0.29) is 23.6 Å². The number of piperidine rings is 1. The van der Waals surface area contributed by atoms with Crippen molar-refractivity contribution in [2.45, 2.75) is 25.8 Å². The molecule has 7 nitrogen and oxygen atoms in total. The summed E-state index contributed by atoms with van der Waals surface area (Å²) in [5, 5.41) is 11.5. The molecule has 1 fully saturated rings. The number of hydrogen-bond donors (Lipinski definition) is 3. The molecule has 4 N–H and O–H groups in total. The van der Waals surface area contributed by atoms with Gasteiger partial charge in [0.2, 0.25) is 0 Å². The molecule has 1 aromatic heterocycles. The summed E-state index contributed by atoms with van der Waals surface area (Å²) in [6, 6.07) is 13.6. The Bertz CT molecular complexity index is 1390. The maximum absolute atomic E-state index is 13.1. The summed E-state index contributed by atoms with van der Waals surface area (Å²) in [4.78, 5) is 28.2. The molecule has 1 amide bonds. The molecule has 0 spiro atoms.